The number of benzene rings is 2. The Bertz CT molecular complexity index is 1060. The average molecular weight is 394 g/mol. The Balaban J connectivity index is 1.39. The van der Waals surface area contributed by atoms with Gasteiger partial charge in [0, 0.05) is 11.1 Å². The molecule has 8 nitrogen and oxygen atoms in total. The van der Waals surface area contributed by atoms with E-state index in [1.165, 1.54) is 6.33 Å². The number of nitrogens with zero attached hydrogens (tertiary/aromatic N) is 6. The van der Waals surface area contributed by atoms with Crippen molar-refractivity contribution >= 4 is 23.3 Å². The van der Waals surface area contributed by atoms with Crippen molar-refractivity contribution in [1.29, 1.82) is 0 Å². The molecule has 0 atom stereocenters. The molecule has 2 aromatic heterocycles. The van der Waals surface area contributed by atoms with Crippen LogP contribution in [0.3, 0.4) is 0 Å². The molecule has 0 aliphatic rings. The quantitative estimate of drug-likeness (QED) is 0.544. The van der Waals surface area contributed by atoms with E-state index in [-0.39, 0.29) is 12.3 Å². The zero-order valence-corrected chi connectivity index (χ0v) is 15.5. The normalized spacial score (nSPS) is 10.8. The third-order valence-electron chi connectivity index (χ3n) is 4.14. The van der Waals surface area contributed by atoms with E-state index in [1.807, 2.05) is 48.5 Å². The van der Waals surface area contributed by atoms with Gasteiger partial charge >= 0.3 is 0 Å². The maximum Gasteiger partial charge on any atom is 0.229 e. The fraction of sp³-hybridized carbons (Fsp3) is 0.105. The van der Waals surface area contributed by atoms with Crippen LogP contribution in [0.4, 0.5) is 5.82 Å². The Kier molecular flexibility index (Phi) is 5.11. The van der Waals surface area contributed by atoms with E-state index >= 15 is 0 Å². The van der Waals surface area contributed by atoms with Gasteiger partial charge in [-0.1, -0.05) is 35.9 Å². The summed E-state index contributed by atoms with van der Waals surface area (Å²) >= 11 is 5.92. The second kappa shape index (κ2) is 8.01. The molecule has 0 bridgehead atoms. The smallest absolute Gasteiger partial charge is 0.229 e. The molecular weight excluding hydrogens is 378 g/mol. The van der Waals surface area contributed by atoms with Gasteiger partial charge in [0.05, 0.1) is 24.8 Å². The number of carbonyl (C=O) groups is 1. The van der Waals surface area contributed by atoms with Crippen LogP contribution in [0.2, 0.25) is 5.02 Å². The summed E-state index contributed by atoms with van der Waals surface area (Å²) in [6.45, 7) is 0.542. The highest BCUT2D eigenvalue weighted by Crippen LogP contribution is 2.14. The first kappa shape index (κ1) is 17.9. The van der Waals surface area contributed by atoms with Crippen molar-refractivity contribution in [2.45, 2.75) is 13.0 Å². The second-order valence-electron chi connectivity index (χ2n) is 6.15. The van der Waals surface area contributed by atoms with Gasteiger partial charge in [0.25, 0.3) is 0 Å². The Morgan fingerprint density at radius 2 is 1.75 bits per heavy atom. The van der Waals surface area contributed by atoms with Gasteiger partial charge in [0.1, 0.15) is 12.1 Å². The van der Waals surface area contributed by atoms with Gasteiger partial charge in [-0.2, -0.15) is 5.10 Å². The van der Waals surface area contributed by atoms with Gasteiger partial charge in [-0.15, -0.1) is 5.10 Å². The molecule has 4 rings (SSSR count). The largest absolute Gasteiger partial charge is 0.311 e. The van der Waals surface area contributed by atoms with Gasteiger partial charge < -0.3 is 5.32 Å². The lowest BCUT2D eigenvalue weighted by Gasteiger charge is -2.10. The monoisotopic (exact) mass is 393 g/mol. The number of carbonyl (C=O) groups excluding carboxylic acids is 1. The van der Waals surface area contributed by atoms with Crippen molar-refractivity contribution in [2.24, 2.45) is 0 Å². The summed E-state index contributed by atoms with van der Waals surface area (Å²) in [7, 11) is 0. The van der Waals surface area contributed by atoms with Crippen LogP contribution >= 0.6 is 11.6 Å². The molecule has 0 spiro atoms. The first-order chi connectivity index (χ1) is 13.7. The van der Waals surface area contributed by atoms with Crippen LogP contribution in [0.5, 0.6) is 0 Å². The number of nitrogens with one attached hydrogen (secondary N) is 1. The molecule has 0 unspecified atom stereocenters. The van der Waals surface area contributed by atoms with Gasteiger partial charge in [-0.3, -0.25) is 4.79 Å². The fourth-order valence-corrected chi connectivity index (χ4v) is 2.87. The minimum absolute atomic E-state index is 0.118. The number of hydrogen-bond donors (Lipinski definition) is 1. The van der Waals surface area contributed by atoms with E-state index in [4.69, 9.17) is 11.6 Å². The predicted octanol–water partition coefficient (Wildman–Crippen LogP) is 2.74. The van der Waals surface area contributed by atoms with Gasteiger partial charge in [-0.25, -0.2) is 9.36 Å². The fourth-order valence-electron chi connectivity index (χ4n) is 2.75. The average Bonchev–Trinajstić information content (AvgIpc) is 3.37. The molecule has 0 radical (unpaired) electrons. The summed E-state index contributed by atoms with van der Waals surface area (Å²) in [5.74, 6) is 0.526. The standard InChI is InChI=1S/C19H16ClN7O/c20-16-5-1-15(2-6-16)12-26-18(9-10-22-26)23-19(28)11-14-3-7-17(8-4-14)27-13-21-24-25-27/h1-10,13H,11-12H2,(H,23,28). The second-order valence-corrected chi connectivity index (χ2v) is 6.58. The molecular formula is C19H16ClN7O. The summed E-state index contributed by atoms with van der Waals surface area (Å²) in [5.41, 5.74) is 2.76. The molecule has 140 valence electrons. The molecule has 0 saturated carbocycles. The minimum atomic E-state index is -0.118. The van der Waals surface area contributed by atoms with Crippen molar-refractivity contribution < 1.29 is 4.79 Å². The van der Waals surface area contributed by atoms with E-state index < -0.39 is 0 Å². The molecule has 2 heterocycles. The van der Waals surface area contributed by atoms with E-state index in [0.29, 0.717) is 17.4 Å². The van der Waals surface area contributed by atoms with Crippen LogP contribution in [0, 0.1) is 0 Å². The third-order valence-corrected chi connectivity index (χ3v) is 4.40. The number of rotatable bonds is 6. The summed E-state index contributed by atoms with van der Waals surface area (Å²) in [6.07, 6.45) is 3.43. The van der Waals surface area contributed by atoms with Crippen LogP contribution in [0.1, 0.15) is 11.1 Å². The Morgan fingerprint density at radius 1 is 1.00 bits per heavy atom. The molecule has 0 aliphatic heterocycles. The topological polar surface area (TPSA) is 90.5 Å². The lowest BCUT2D eigenvalue weighted by molar-refractivity contribution is -0.115. The molecule has 0 saturated heterocycles. The maximum absolute atomic E-state index is 12.4. The van der Waals surface area contributed by atoms with Gasteiger partial charge in [-0.05, 0) is 45.8 Å². The van der Waals surface area contributed by atoms with Crippen molar-refractivity contribution in [1.82, 2.24) is 30.0 Å². The lowest BCUT2D eigenvalue weighted by atomic mass is 10.1. The SMILES string of the molecule is O=C(Cc1ccc(-n2cnnn2)cc1)Nc1ccnn1Cc1ccc(Cl)cc1. The number of amides is 1. The summed E-state index contributed by atoms with van der Waals surface area (Å²) < 4.78 is 3.29. The van der Waals surface area contributed by atoms with Crippen LogP contribution in [0.15, 0.2) is 67.1 Å². The Morgan fingerprint density at radius 3 is 2.46 bits per heavy atom. The van der Waals surface area contributed by atoms with E-state index in [2.05, 4.69) is 25.9 Å². The van der Waals surface area contributed by atoms with Crippen LogP contribution in [-0.2, 0) is 17.8 Å². The van der Waals surface area contributed by atoms with E-state index in [1.54, 1.807) is 21.6 Å². The van der Waals surface area contributed by atoms with Crippen LogP contribution < -0.4 is 5.32 Å². The zero-order chi connectivity index (χ0) is 19.3. The van der Waals surface area contributed by atoms with Crippen molar-refractivity contribution in [3.05, 3.63) is 83.3 Å². The van der Waals surface area contributed by atoms with Crippen molar-refractivity contribution in [2.75, 3.05) is 5.32 Å². The first-order valence-corrected chi connectivity index (χ1v) is 8.93. The zero-order valence-electron chi connectivity index (χ0n) is 14.7. The maximum atomic E-state index is 12.4. The molecule has 0 aliphatic carbocycles. The molecule has 4 aromatic rings. The molecule has 0 fully saturated rings. The highest BCUT2D eigenvalue weighted by Gasteiger charge is 2.09. The molecule has 1 N–H and O–H groups in total. The molecule has 1 amide bonds. The number of hydrogen-bond acceptors (Lipinski definition) is 5. The van der Waals surface area contributed by atoms with Crippen molar-refractivity contribution in [3.8, 4) is 5.69 Å². The number of anilines is 1. The lowest BCUT2D eigenvalue weighted by Crippen LogP contribution is -2.18. The molecule has 28 heavy (non-hydrogen) atoms. The number of halogens is 1. The third kappa shape index (κ3) is 4.24. The molecule has 2 aromatic carbocycles. The summed E-state index contributed by atoms with van der Waals surface area (Å²) in [5, 5.41) is 18.9. The summed E-state index contributed by atoms with van der Waals surface area (Å²) in [4.78, 5) is 12.4. The highest BCUT2D eigenvalue weighted by atomic mass is 35.5. The first-order valence-electron chi connectivity index (χ1n) is 8.56. The predicted molar refractivity (Wildman–Crippen MR) is 104 cm³/mol. The Labute approximate surface area is 165 Å². The van der Waals surface area contributed by atoms with E-state index in [0.717, 1.165) is 16.8 Å². The Hall–Kier alpha value is -3.52. The summed E-state index contributed by atoms with van der Waals surface area (Å²) in [6, 6.07) is 16.8. The van der Waals surface area contributed by atoms with Gasteiger partial charge in [0.2, 0.25) is 5.91 Å². The van der Waals surface area contributed by atoms with E-state index in [9.17, 15) is 4.79 Å². The van der Waals surface area contributed by atoms with Crippen LogP contribution in [-0.4, -0.2) is 35.9 Å². The molecule has 9 heteroatoms. The van der Waals surface area contributed by atoms with Gasteiger partial charge in [0.15, 0.2) is 0 Å². The minimum Gasteiger partial charge on any atom is -0.311 e. The van der Waals surface area contributed by atoms with Crippen molar-refractivity contribution in [3.63, 3.8) is 0 Å². The number of tetrazole rings is 1. The number of aromatic nitrogens is 6. The van der Waals surface area contributed by atoms with Crippen LogP contribution in [0.25, 0.3) is 5.69 Å². The highest BCUT2D eigenvalue weighted by molar-refractivity contribution is 6.30.